The van der Waals surface area contributed by atoms with Crippen LogP contribution < -0.4 is 0 Å². The summed E-state index contributed by atoms with van der Waals surface area (Å²) in [7, 11) is 0. The van der Waals surface area contributed by atoms with Crippen molar-refractivity contribution in [3.05, 3.63) is 64.6 Å². The predicted octanol–water partition coefficient (Wildman–Crippen LogP) is 4.02. The molecular formula is C15H10ClNO2. The maximum absolute atomic E-state index is 12.4. The van der Waals surface area contributed by atoms with Gasteiger partial charge in [-0.1, -0.05) is 23.7 Å². The van der Waals surface area contributed by atoms with Crippen LogP contribution in [0.4, 0.5) is 0 Å². The molecule has 0 aliphatic carbocycles. The molecule has 0 saturated carbocycles. The Labute approximate surface area is 114 Å². The molecule has 0 unspecified atom stereocenters. The zero-order valence-corrected chi connectivity index (χ0v) is 10.9. The van der Waals surface area contributed by atoms with E-state index in [9.17, 15) is 4.79 Å². The van der Waals surface area contributed by atoms with E-state index in [-0.39, 0.29) is 11.5 Å². The third-order valence-electron chi connectivity index (χ3n) is 2.97. The van der Waals surface area contributed by atoms with Gasteiger partial charge in [0, 0.05) is 22.8 Å². The number of fused-ring (bicyclic) bond motifs is 1. The first-order valence-corrected chi connectivity index (χ1v) is 6.19. The van der Waals surface area contributed by atoms with Gasteiger partial charge in [-0.05, 0) is 31.2 Å². The second-order valence-electron chi connectivity index (χ2n) is 4.23. The molecule has 3 rings (SSSR count). The molecule has 0 amide bonds. The number of aromatic nitrogens is 1. The van der Waals surface area contributed by atoms with Crippen molar-refractivity contribution in [1.82, 2.24) is 4.98 Å². The first-order chi connectivity index (χ1) is 9.16. The molecule has 0 bridgehead atoms. The van der Waals surface area contributed by atoms with Gasteiger partial charge in [0.25, 0.3) is 0 Å². The second-order valence-corrected chi connectivity index (χ2v) is 4.64. The van der Waals surface area contributed by atoms with Crippen LogP contribution in [0, 0.1) is 6.92 Å². The topological polar surface area (TPSA) is 43.1 Å². The van der Waals surface area contributed by atoms with Crippen LogP contribution in [-0.4, -0.2) is 10.8 Å². The van der Waals surface area contributed by atoms with Crippen molar-refractivity contribution in [3.63, 3.8) is 0 Å². The van der Waals surface area contributed by atoms with E-state index >= 15 is 0 Å². The minimum atomic E-state index is -0.183. The number of ketones is 1. The Morgan fingerprint density at radius 1 is 1.26 bits per heavy atom. The lowest BCUT2D eigenvalue weighted by molar-refractivity contribution is 0.101. The highest BCUT2D eigenvalue weighted by Crippen LogP contribution is 2.27. The van der Waals surface area contributed by atoms with Gasteiger partial charge in [0.1, 0.15) is 0 Å². The van der Waals surface area contributed by atoms with Crippen molar-refractivity contribution in [3.8, 4) is 0 Å². The monoisotopic (exact) mass is 271 g/mol. The van der Waals surface area contributed by atoms with Gasteiger partial charge in [-0.25, -0.2) is 0 Å². The molecule has 3 nitrogen and oxygen atoms in total. The quantitative estimate of drug-likeness (QED) is 0.661. The number of benzene rings is 1. The molecule has 0 saturated heterocycles. The second kappa shape index (κ2) is 4.52. The van der Waals surface area contributed by atoms with E-state index in [0.717, 1.165) is 5.39 Å². The van der Waals surface area contributed by atoms with Crippen LogP contribution in [0.3, 0.4) is 0 Å². The summed E-state index contributed by atoms with van der Waals surface area (Å²) in [4.78, 5) is 16.5. The highest BCUT2D eigenvalue weighted by Gasteiger charge is 2.17. The van der Waals surface area contributed by atoms with Crippen molar-refractivity contribution in [2.24, 2.45) is 0 Å². The number of rotatable bonds is 2. The first-order valence-electron chi connectivity index (χ1n) is 5.81. The molecule has 19 heavy (non-hydrogen) atoms. The molecule has 0 aliphatic heterocycles. The zero-order valence-electron chi connectivity index (χ0n) is 10.2. The van der Waals surface area contributed by atoms with Gasteiger partial charge in [-0.15, -0.1) is 0 Å². The summed E-state index contributed by atoms with van der Waals surface area (Å²) in [6.45, 7) is 1.79. The minimum absolute atomic E-state index is 0.183. The molecule has 0 fully saturated rings. The van der Waals surface area contributed by atoms with E-state index in [2.05, 4.69) is 4.98 Å². The van der Waals surface area contributed by atoms with Crippen molar-refractivity contribution in [2.45, 2.75) is 6.92 Å². The number of hydrogen-bond acceptors (Lipinski definition) is 3. The maximum Gasteiger partial charge on any atom is 0.230 e. The molecule has 4 heteroatoms. The molecule has 0 radical (unpaired) electrons. The van der Waals surface area contributed by atoms with E-state index in [0.29, 0.717) is 21.9 Å². The fourth-order valence-electron chi connectivity index (χ4n) is 2.00. The van der Waals surface area contributed by atoms with Crippen LogP contribution in [-0.2, 0) is 0 Å². The van der Waals surface area contributed by atoms with Gasteiger partial charge < -0.3 is 4.42 Å². The summed E-state index contributed by atoms with van der Waals surface area (Å²) in [5.74, 6) is 0.0945. The molecular weight excluding hydrogens is 262 g/mol. The van der Waals surface area contributed by atoms with Gasteiger partial charge in [-0.2, -0.15) is 0 Å². The summed E-state index contributed by atoms with van der Waals surface area (Å²) in [6, 6.07) is 10.6. The third-order valence-corrected chi connectivity index (χ3v) is 3.27. The largest absolute Gasteiger partial charge is 0.451 e. The van der Waals surface area contributed by atoms with Gasteiger partial charge in [0.2, 0.25) is 5.78 Å². The number of pyridine rings is 1. The number of para-hydroxylation sites is 1. The number of aryl methyl sites for hydroxylation is 1. The zero-order chi connectivity index (χ0) is 13.4. The fourth-order valence-corrected chi connectivity index (χ4v) is 2.22. The molecule has 1 aromatic carbocycles. The van der Waals surface area contributed by atoms with Gasteiger partial charge in [-0.3, -0.25) is 9.78 Å². The van der Waals surface area contributed by atoms with Crippen molar-refractivity contribution in [2.75, 3.05) is 0 Å². The summed E-state index contributed by atoms with van der Waals surface area (Å²) in [5.41, 5.74) is 1.76. The van der Waals surface area contributed by atoms with Crippen LogP contribution in [0.15, 0.2) is 47.0 Å². The minimum Gasteiger partial charge on any atom is -0.451 e. The summed E-state index contributed by atoms with van der Waals surface area (Å²) in [6.07, 6.45) is 1.65. The molecule has 0 atom stereocenters. The van der Waals surface area contributed by atoms with Crippen LogP contribution in [0.2, 0.25) is 5.02 Å². The lowest BCUT2D eigenvalue weighted by Gasteiger charge is -2.00. The molecule has 0 spiro atoms. The number of hydrogen-bond donors (Lipinski definition) is 0. The molecule has 94 valence electrons. The summed E-state index contributed by atoms with van der Waals surface area (Å²) in [5, 5.41) is 1.32. The molecule has 0 aliphatic rings. The fraction of sp³-hybridized carbons (Fsp3) is 0.0667. The molecule has 0 N–H and O–H groups in total. The Bertz CT molecular complexity index is 777. The van der Waals surface area contributed by atoms with E-state index in [1.54, 1.807) is 37.4 Å². The van der Waals surface area contributed by atoms with E-state index in [4.69, 9.17) is 16.0 Å². The third kappa shape index (κ3) is 2.02. The normalized spacial score (nSPS) is 10.8. The van der Waals surface area contributed by atoms with Gasteiger partial charge >= 0.3 is 0 Å². The number of nitrogens with zero attached hydrogens (tertiary/aromatic N) is 1. The van der Waals surface area contributed by atoms with Gasteiger partial charge in [0.05, 0.1) is 5.02 Å². The van der Waals surface area contributed by atoms with Crippen LogP contribution in [0.5, 0.6) is 0 Å². The smallest absolute Gasteiger partial charge is 0.230 e. The SMILES string of the molecule is Cc1ncccc1C(=O)c1cc2cccc(Cl)c2o1. The number of halogens is 1. The van der Waals surface area contributed by atoms with Crippen molar-refractivity contribution < 1.29 is 9.21 Å². The highest BCUT2D eigenvalue weighted by atomic mass is 35.5. The molecule has 3 aromatic rings. The Morgan fingerprint density at radius 3 is 2.84 bits per heavy atom. The number of carbonyl (C=O) groups excluding carboxylic acids is 1. The van der Waals surface area contributed by atoms with Crippen molar-refractivity contribution in [1.29, 1.82) is 0 Å². The lowest BCUT2D eigenvalue weighted by Crippen LogP contribution is -2.03. The van der Waals surface area contributed by atoms with Crippen LogP contribution in [0.25, 0.3) is 11.0 Å². The lowest BCUT2D eigenvalue weighted by atomic mass is 10.1. The van der Waals surface area contributed by atoms with Crippen LogP contribution in [0.1, 0.15) is 21.8 Å². The number of furan rings is 1. The maximum atomic E-state index is 12.4. The Hall–Kier alpha value is -2.13. The van der Waals surface area contributed by atoms with E-state index in [1.807, 2.05) is 12.1 Å². The Morgan fingerprint density at radius 2 is 2.11 bits per heavy atom. The first kappa shape index (κ1) is 11.9. The van der Waals surface area contributed by atoms with E-state index < -0.39 is 0 Å². The Kier molecular flexibility index (Phi) is 2.84. The van der Waals surface area contributed by atoms with Gasteiger partial charge in [0.15, 0.2) is 11.3 Å². The van der Waals surface area contributed by atoms with Crippen molar-refractivity contribution >= 4 is 28.4 Å². The summed E-state index contributed by atoms with van der Waals surface area (Å²) < 4.78 is 5.56. The average molecular weight is 272 g/mol. The Balaban J connectivity index is 2.12. The number of carbonyl (C=O) groups is 1. The highest BCUT2D eigenvalue weighted by molar-refractivity contribution is 6.35. The molecule has 2 heterocycles. The standard InChI is InChI=1S/C15H10ClNO2/c1-9-11(5-3-7-17-9)14(18)13-8-10-4-2-6-12(16)15(10)19-13/h2-8H,1H3. The summed E-state index contributed by atoms with van der Waals surface area (Å²) >= 11 is 6.03. The van der Waals surface area contributed by atoms with E-state index in [1.165, 1.54) is 0 Å². The molecule has 2 aromatic heterocycles. The average Bonchev–Trinajstić information content (AvgIpc) is 2.84. The van der Waals surface area contributed by atoms with Crippen LogP contribution >= 0.6 is 11.6 Å². The predicted molar refractivity (Wildman–Crippen MR) is 73.6 cm³/mol.